The fraction of sp³-hybridized carbons (Fsp3) is 0.583. The predicted octanol–water partition coefficient (Wildman–Crippen LogP) is 3.16. The molecule has 1 fully saturated rings. The SMILES string of the molecule is CCCC1CC(=O)N(S(=O)(=O)c2cc(Br)sc2C)C1. The van der Waals surface area contributed by atoms with E-state index in [1.165, 1.54) is 11.3 Å². The monoisotopic (exact) mass is 365 g/mol. The normalized spacial score (nSPS) is 20.3. The molecule has 1 atom stereocenters. The number of sulfonamides is 1. The molecule has 106 valence electrons. The van der Waals surface area contributed by atoms with Crippen LogP contribution in [-0.2, 0) is 14.8 Å². The minimum Gasteiger partial charge on any atom is -0.274 e. The molecule has 2 heterocycles. The first-order valence-electron chi connectivity index (χ1n) is 6.17. The Balaban J connectivity index is 2.31. The molecule has 0 spiro atoms. The van der Waals surface area contributed by atoms with E-state index in [2.05, 4.69) is 15.9 Å². The van der Waals surface area contributed by atoms with Crippen molar-refractivity contribution in [1.82, 2.24) is 4.31 Å². The van der Waals surface area contributed by atoms with Crippen molar-refractivity contribution in [1.29, 1.82) is 0 Å². The molecule has 4 nitrogen and oxygen atoms in total. The Morgan fingerprint density at radius 3 is 2.74 bits per heavy atom. The molecule has 1 aliphatic rings. The van der Waals surface area contributed by atoms with Crippen molar-refractivity contribution in [3.8, 4) is 0 Å². The van der Waals surface area contributed by atoms with Gasteiger partial charge in [0.15, 0.2) is 0 Å². The smallest absolute Gasteiger partial charge is 0.267 e. The van der Waals surface area contributed by atoms with Crippen LogP contribution < -0.4 is 0 Å². The maximum Gasteiger partial charge on any atom is 0.267 e. The number of thiophene rings is 1. The lowest BCUT2D eigenvalue weighted by molar-refractivity contribution is -0.123. The lowest BCUT2D eigenvalue weighted by atomic mass is 10.0. The predicted molar refractivity (Wildman–Crippen MR) is 78.7 cm³/mol. The molecular formula is C12H16BrNO3S2. The summed E-state index contributed by atoms with van der Waals surface area (Å²) in [5.74, 6) is -0.116. The number of hydrogen-bond donors (Lipinski definition) is 0. The summed E-state index contributed by atoms with van der Waals surface area (Å²) >= 11 is 4.65. The van der Waals surface area contributed by atoms with Crippen LogP contribution in [0.3, 0.4) is 0 Å². The molecule has 0 bridgehead atoms. The summed E-state index contributed by atoms with van der Waals surface area (Å²) in [5, 5.41) is 0. The van der Waals surface area contributed by atoms with Crippen LogP contribution in [-0.4, -0.2) is 25.2 Å². The lowest BCUT2D eigenvalue weighted by Crippen LogP contribution is -2.32. The van der Waals surface area contributed by atoms with Crippen molar-refractivity contribution in [2.24, 2.45) is 5.92 Å². The summed E-state index contributed by atoms with van der Waals surface area (Å²) < 4.78 is 26.9. The summed E-state index contributed by atoms with van der Waals surface area (Å²) in [4.78, 5) is 12.9. The van der Waals surface area contributed by atoms with Gasteiger partial charge in [0, 0.05) is 17.8 Å². The van der Waals surface area contributed by atoms with Crippen LogP contribution in [0.15, 0.2) is 14.7 Å². The Labute approximate surface area is 126 Å². The average molecular weight is 366 g/mol. The minimum absolute atomic E-state index is 0.162. The van der Waals surface area contributed by atoms with Gasteiger partial charge in [-0.3, -0.25) is 4.79 Å². The topological polar surface area (TPSA) is 54.5 Å². The van der Waals surface area contributed by atoms with E-state index < -0.39 is 10.0 Å². The molecule has 0 aliphatic carbocycles. The molecule has 2 rings (SSSR count). The van der Waals surface area contributed by atoms with Crippen molar-refractivity contribution in [3.63, 3.8) is 0 Å². The molecule has 1 unspecified atom stereocenters. The molecule has 1 saturated heterocycles. The molecule has 0 N–H and O–H groups in total. The van der Waals surface area contributed by atoms with Crippen LogP contribution in [0.4, 0.5) is 0 Å². The fourth-order valence-electron chi connectivity index (χ4n) is 2.39. The van der Waals surface area contributed by atoms with Crippen LogP contribution in [0, 0.1) is 12.8 Å². The van der Waals surface area contributed by atoms with E-state index in [0.717, 1.165) is 20.9 Å². The van der Waals surface area contributed by atoms with Crippen LogP contribution in [0.25, 0.3) is 0 Å². The highest BCUT2D eigenvalue weighted by molar-refractivity contribution is 9.11. The Kier molecular flexibility index (Phi) is 4.37. The van der Waals surface area contributed by atoms with E-state index in [1.807, 2.05) is 6.92 Å². The molecule has 0 radical (unpaired) electrons. The van der Waals surface area contributed by atoms with Crippen LogP contribution in [0.1, 0.15) is 31.1 Å². The van der Waals surface area contributed by atoms with Gasteiger partial charge in [0.25, 0.3) is 10.0 Å². The zero-order valence-corrected chi connectivity index (χ0v) is 14.1. The number of hydrogen-bond acceptors (Lipinski definition) is 4. The van der Waals surface area contributed by atoms with Gasteiger partial charge in [0.05, 0.1) is 3.79 Å². The summed E-state index contributed by atoms with van der Waals surface area (Å²) in [7, 11) is -3.68. The van der Waals surface area contributed by atoms with Gasteiger partial charge in [-0.1, -0.05) is 13.3 Å². The lowest BCUT2D eigenvalue weighted by Gasteiger charge is -2.16. The highest BCUT2D eigenvalue weighted by Crippen LogP contribution is 2.34. The summed E-state index contributed by atoms with van der Waals surface area (Å²) in [6.07, 6.45) is 2.20. The zero-order valence-electron chi connectivity index (χ0n) is 10.8. The van der Waals surface area contributed by atoms with E-state index in [-0.39, 0.29) is 16.7 Å². The van der Waals surface area contributed by atoms with Crippen molar-refractivity contribution >= 4 is 43.2 Å². The van der Waals surface area contributed by atoms with E-state index >= 15 is 0 Å². The zero-order chi connectivity index (χ0) is 14.2. The molecule has 1 aromatic heterocycles. The molecule has 0 saturated carbocycles. The number of aryl methyl sites for hydroxylation is 1. The molecule has 1 amide bonds. The second-order valence-corrected chi connectivity index (χ2v) is 9.23. The number of amides is 1. The summed E-state index contributed by atoms with van der Waals surface area (Å²) in [5.41, 5.74) is 0. The quantitative estimate of drug-likeness (QED) is 0.823. The standard InChI is InChI=1S/C12H16BrNO3S2/c1-3-4-9-5-12(15)14(7-9)19(16,17)10-6-11(13)18-8(10)2/h6,9H,3-5,7H2,1-2H3. The number of rotatable bonds is 4. The summed E-state index contributed by atoms with van der Waals surface area (Å²) in [6.45, 7) is 4.12. The second kappa shape index (κ2) is 5.54. The number of carbonyl (C=O) groups excluding carboxylic acids is 1. The van der Waals surface area contributed by atoms with Crippen molar-refractivity contribution < 1.29 is 13.2 Å². The maximum atomic E-state index is 12.5. The third kappa shape index (κ3) is 2.87. The first-order chi connectivity index (χ1) is 8.86. The van der Waals surface area contributed by atoms with E-state index in [4.69, 9.17) is 0 Å². The van der Waals surface area contributed by atoms with Gasteiger partial charge in [-0.05, 0) is 41.3 Å². The first-order valence-corrected chi connectivity index (χ1v) is 9.22. The molecule has 19 heavy (non-hydrogen) atoms. The number of halogens is 1. The van der Waals surface area contributed by atoms with Gasteiger partial charge in [-0.2, -0.15) is 0 Å². The van der Waals surface area contributed by atoms with Gasteiger partial charge >= 0.3 is 0 Å². The maximum absolute atomic E-state index is 12.5. The van der Waals surface area contributed by atoms with Crippen molar-refractivity contribution in [2.45, 2.75) is 38.0 Å². The highest BCUT2D eigenvalue weighted by Gasteiger charge is 2.38. The van der Waals surface area contributed by atoms with Crippen LogP contribution in [0.5, 0.6) is 0 Å². The molecule has 0 aromatic carbocycles. The van der Waals surface area contributed by atoms with Gasteiger partial charge < -0.3 is 0 Å². The number of carbonyl (C=O) groups is 1. The molecular weight excluding hydrogens is 350 g/mol. The van der Waals surface area contributed by atoms with Gasteiger partial charge in [0.1, 0.15) is 4.90 Å². The van der Waals surface area contributed by atoms with Crippen LogP contribution in [0.2, 0.25) is 0 Å². The fourth-order valence-corrected chi connectivity index (χ4v) is 6.26. The largest absolute Gasteiger partial charge is 0.274 e. The van der Waals surface area contributed by atoms with Crippen LogP contribution >= 0.6 is 27.3 Å². The van der Waals surface area contributed by atoms with Crippen molar-refractivity contribution in [3.05, 3.63) is 14.7 Å². The molecule has 1 aromatic rings. The molecule has 7 heteroatoms. The average Bonchev–Trinajstić information content (AvgIpc) is 2.83. The van der Waals surface area contributed by atoms with Gasteiger partial charge in [0.2, 0.25) is 5.91 Å². The Bertz CT molecular complexity index is 594. The van der Waals surface area contributed by atoms with Gasteiger partial charge in [-0.25, -0.2) is 12.7 Å². The number of nitrogens with zero attached hydrogens (tertiary/aromatic N) is 1. The van der Waals surface area contributed by atoms with E-state index in [1.54, 1.807) is 13.0 Å². The third-order valence-electron chi connectivity index (χ3n) is 3.27. The van der Waals surface area contributed by atoms with E-state index in [0.29, 0.717) is 17.8 Å². The Morgan fingerprint density at radius 2 is 2.21 bits per heavy atom. The Hall–Kier alpha value is -0.400. The van der Waals surface area contributed by atoms with Gasteiger partial charge in [-0.15, -0.1) is 11.3 Å². The third-order valence-corrected chi connectivity index (χ3v) is 6.87. The van der Waals surface area contributed by atoms with Crippen molar-refractivity contribution in [2.75, 3.05) is 6.54 Å². The summed E-state index contributed by atoms with van der Waals surface area (Å²) in [6, 6.07) is 1.58. The minimum atomic E-state index is -3.68. The van der Waals surface area contributed by atoms with E-state index in [9.17, 15) is 13.2 Å². The Morgan fingerprint density at radius 1 is 1.53 bits per heavy atom. The molecule has 1 aliphatic heterocycles. The second-order valence-electron chi connectivity index (χ2n) is 4.76. The first kappa shape index (κ1) is 15.0. The highest BCUT2D eigenvalue weighted by atomic mass is 79.9.